The molecule has 35 heavy (non-hydrogen) atoms. The molecule has 0 aliphatic heterocycles. The molecule has 3 aromatic carbocycles. The van der Waals surface area contributed by atoms with Gasteiger partial charge >= 0.3 is 0 Å². The van der Waals surface area contributed by atoms with E-state index in [2.05, 4.69) is 36.5 Å². The lowest BCUT2D eigenvalue weighted by atomic mass is 10.0. The van der Waals surface area contributed by atoms with Crippen molar-refractivity contribution in [2.45, 2.75) is 52.0 Å². The molecular formula is C30H36N2O2S. The molecule has 0 heterocycles. The van der Waals surface area contributed by atoms with Gasteiger partial charge in [-0.05, 0) is 42.5 Å². The van der Waals surface area contributed by atoms with E-state index >= 15 is 0 Å². The molecule has 0 saturated heterocycles. The summed E-state index contributed by atoms with van der Waals surface area (Å²) in [5.41, 5.74) is 5.64. The Labute approximate surface area is 214 Å². The lowest BCUT2D eigenvalue weighted by molar-refractivity contribution is -0.139. The normalized spacial score (nSPS) is 11.6. The van der Waals surface area contributed by atoms with E-state index in [1.54, 1.807) is 16.7 Å². The number of carbonyl (C=O) groups excluding carboxylic acids is 2. The summed E-state index contributed by atoms with van der Waals surface area (Å²) in [5.74, 6) is 0.973. The van der Waals surface area contributed by atoms with E-state index in [1.807, 2.05) is 68.4 Å². The highest BCUT2D eigenvalue weighted by molar-refractivity contribution is 7.99. The fourth-order valence-corrected chi connectivity index (χ4v) is 4.79. The fraction of sp³-hybridized carbons (Fsp3) is 0.333. The minimum absolute atomic E-state index is 0.0158. The van der Waals surface area contributed by atoms with Crippen molar-refractivity contribution < 1.29 is 9.59 Å². The molecular weight excluding hydrogens is 452 g/mol. The number of rotatable bonds is 12. The topological polar surface area (TPSA) is 49.4 Å². The van der Waals surface area contributed by atoms with Crippen molar-refractivity contribution in [1.29, 1.82) is 0 Å². The number of nitrogens with one attached hydrogen (secondary N) is 1. The van der Waals surface area contributed by atoms with Gasteiger partial charge in [0.1, 0.15) is 6.04 Å². The number of carbonyl (C=O) groups is 2. The van der Waals surface area contributed by atoms with Gasteiger partial charge in [0.2, 0.25) is 11.8 Å². The van der Waals surface area contributed by atoms with Crippen molar-refractivity contribution in [1.82, 2.24) is 10.2 Å². The Morgan fingerprint density at radius 1 is 0.886 bits per heavy atom. The van der Waals surface area contributed by atoms with Crippen molar-refractivity contribution >= 4 is 23.6 Å². The van der Waals surface area contributed by atoms with Gasteiger partial charge in [-0.3, -0.25) is 9.59 Å². The zero-order valence-electron chi connectivity index (χ0n) is 21.0. The zero-order chi connectivity index (χ0) is 25.0. The Morgan fingerprint density at radius 2 is 1.57 bits per heavy atom. The van der Waals surface area contributed by atoms with E-state index in [9.17, 15) is 9.59 Å². The molecule has 1 atom stereocenters. The van der Waals surface area contributed by atoms with Crippen LogP contribution in [0.25, 0.3) is 0 Å². The number of hydrogen-bond acceptors (Lipinski definition) is 3. The first-order valence-electron chi connectivity index (χ1n) is 12.3. The van der Waals surface area contributed by atoms with Gasteiger partial charge in [0.25, 0.3) is 0 Å². The predicted molar refractivity (Wildman–Crippen MR) is 146 cm³/mol. The molecule has 1 unspecified atom stereocenters. The third kappa shape index (κ3) is 8.29. The van der Waals surface area contributed by atoms with Crippen LogP contribution in [0.4, 0.5) is 0 Å². The monoisotopic (exact) mass is 488 g/mol. The van der Waals surface area contributed by atoms with Crippen LogP contribution in [0.3, 0.4) is 0 Å². The van der Waals surface area contributed by atoms with Gasteiger partial charge in [-0.2, -0.15) is 0 Å². The largest absolute Gasteiger partial charge is 0.354 e. The maximum Gasteiger partial charge on any atom is 0.243 e. The van der Waals surface area contributed by atoms with Crippen molar-refractivity contribution in [3.8, 4) is 0 Å². The molecule has 0 aliphatic rings. The number of nitrogens with zero attached hydrogens (tertiary/aromatic N) is 1. The van der Waals surface area contributed by atoms with Crippen molar-refractivity contribution in [2.24, 2.45) is 0 Å². The Hall–Kier alpha value is -3.05. The van der Waals surface area contributed by atoms with E-state index in [1.165, 1.54) is 11.1 Å². The van der Waals surface area contributed by atoms with Crippen LogP contribution in [-0.4, -0.2) is 35.1 Å². The SMILES string of the molecule is CCCNC(=O)C(Cc1ccccc1)N(Cc1ccccc1C)C(=O)CSCc1ccc(C)cc1. The standard InChI is InChI=1S/C30H36N2O2S/c1-4-18-31-30(34)28(19-25-11-6-5-7-12-25)32(20-27-13-9-8-10-24(27)3)29(33)22-35-21-26-16-14-23(2)15-17-26/h5-17,28H,4,18-22H2,1-3H3,(H,31,34). The fourth-order valence-electron chi connectivity index (χ4n) is 3.91. The number of thioether (sulfide) groups is 1. The molecule has 3 rings (SSSR count). The molecule has 0 spiro atoms. The summed E-state index contributed by atoms with van der Waals surface area (Å²) < 4.78 is 0. The van der Waals surface area contributed by atoms with Gasteiger partial charge in [-0.1, -0.05) is 91.3 Å². The summed E-state index contributed by atoms with van der Waals surface area (Å²) in [7, 11) is 0. The van der Waals surface area contributed by atoms with Crippen LogP contribution < -0.4 is 5.32 Å². The van der Waals surface area contributed by atoms with Crippen LogP contribution >= 0.6 is 11.8 Å². The lowest BCUT2D eigenvalue weighted by Crippen LogP contribution is -2.51. The van der Waals surface area contributed by atoms with E-state index in [0.717, 1.165) is 28.9 Å². The van der Waals surface area contributed by atoms with Gasteiger partial charge in [0.05, 0.1) is 5.75 Å². The second-order valence-electron chi connectivity index (χ2n) is 8.92. The zero-order valence-corrected chi connectivity index (χ0v) is 21.8. The Bertz CT molecular complexity index is 1080. The van der Waals surface area contributed by atoms with Crippen LogP contribution in [-0.2, 0) is 28.3 Å². The number of aryl methyl sites for hydroxylation is 2. The Balaban J connectivity index is 1.83. The minimum Gasteiger partial charge on any atom is -0.354 e. The molecule has 4 nitrogen and oxygen atoms in total. The summed E-state index contributed by atoms with van der Waals surface area (Å²) in [5, 5.41) is 3.04. The van der Waals surface area contributed by atoms with Gasteiger partial charge in [0, 0.05) is 25.3 Å². The predicted octanol–water partition coefficient (Wildman–Crippen LogP) is 5.70. The van der Waals surface area contributed by atoms with Crippen LogP contribution in [0.15, 0.2) is 78.9 Å². The highest BCUT2D eigenvalue weighted by Gasteiger charge is 2.30. The van der Waals surface area contributed by atoms with Crippen molar-refractivity contribution in [2.75, 3.05) is 12.3 Å². The number of hydrogen-bond donors (Lipinski definition) is 1. The van der Waals surface area contributed by atoms with Gasteiger partial charge in [0.15, 0.2) is 0 Å². The number of benzene rings is 3. The Kier molecular flexibility index (Phi) is 10.4. The maximum atomic E-state index is 13.6. The van der Waals surface area contributed by atoms with Crippen molar-refractivity contribution in [3.63, 3.8) is 0 Å². The van der Waals surface area contributed by atoms with Crippen LogP contribution in [0, 0.1) is 13.8 Å². The molecule has 0 aliphatic carbocycles. The second kappa shape index (κ2) is 13.7. The average Bonchev–Trinajstić information content (AvgIpc) is 2.87. The summed E-state index contributed by atoms with van der Waals surface area (Å²) >= 11 is 1.59. The molecule has 0 saturated carbocycles. The Morgan fingerprint density at radius 3 is 2.26 bits per heavy atom. The summed E-state index contributed by atoms with van der Waals surface area (Å²) in [4.78, 5) is 28.8. The molecule has 0 bridgehead atoms. The van der Waals surface area contributed by atoms with Gasteiger partial charge in [-0.25, -0.2) is 0 Å². The first-order valence-corrected chi connectivity index (χ1v) is 13.4. The summed E-state index contributed by atoms with van der Waals surface area (Å²) in [6.07, 6.45) is 1.33. The van der Waals surface area contributed by atoms with E-state index in [-0.39, 0.29) is 11.8 Å². The first-order chi connectivity index (χ1) is 17.0. The lowest BCUT2D eigenvalue weighted by Gasteiger charge is -2.32. The van der Waals surface area contributed by atoms with Crippen LogP contribution in [0.1, 0.15) is 41.2 Å². The first kappa shape index (κ1) is 26.6. The van der Waals surface area contributed by atoms with E-state index < -0.39 is 6.04 Å². The molecule has 0 radical (unpaired) electrons. The molecule has 0 fully saturated rings. The molecule has 184 valence electrons. The summed E-state index contributed by atoms with van der Waals surface area (Å²) in [6.45, 7) is 7.16. The summed E-state index contributed by atoms with van der Waals surface area (Å²) in [6, 6.07) is 25.8. The molecule has 1 N–H and O–H groups in total. The quantitative estimate of drug-likeness (QED) is 0.356. The highest BCUT2D eigenvalue weighted by Crippen LogP contribution is 2.20. The molecule has 0 aromatic heterocycles. The minimum atomic E-state index is -0.573. The van der Waals surface area contributed by atoms with Gasteiger partial charge in [-0.15, -0.1) is 11.8 Å². The van der Waals surface area contributed by atoms with Crippen LogP contribution in [0.5, 0.6) is 0 Å². The number of amides is 2. The highest BCUT2D eigenvalue weighted by atomic mass is 32.2. The third-order valence-electron chi connectivity index (χ3n) is 6.04. The molecule has 3 aromatic rings. The van der Waals surface area contributed by atoms with Gasteiger partial charge < -0.3 is 10.2 Å². The molecule has 2 amide bonds. The van der Waals surface area contributed by atoms with Crippen molar-refractivity contribution in [3.05, 3.63) is 107 Å². The van der Waals surface area contributed by atoms with E-state index in [0.29, 0.717) is 25.3 Å². The maximum absolute atomic E-state index is 13.6. The van der Waals surface area contributed by atoms with E-state index in [4.69, 9.17) is 0 Å². The smallest absolute Gasteiger partial charge is 0.243 e. The van der Waals surface area contributed by atoms with Crippen LogP contribution in [0.2, 0.25) is 0 Å². The third-order valence-corrected chi connectivity index (χ3v) is 7.03. The molecule has 5 heteroatoms. The average molecular weight is 489 g/mol. The second-order valence-corrected chi connectivity index (χ2v) is 9.91.